The minimum absolute atomic E-state index is 0.0666. The summed E-state index contributed by atoms with van der Waals surface area (Å²) in [5.41, 5.74) is -0.0559. The monoisotopic (exact) mass is 396 g/mol. The minimum Gasteiger partial charge on any atom is -0.455 e. The summed E-state index contributed by atoms with van der Waals surface area (Å²) in [5.74, 6) is -0.996. The van der Waals surface area contributed by atoms with E-state index in [1.54, 1.807) is 6.07 Å². The predicted molar refractivity (Wildman–Crippen MR) is 92.4 cm³/mol. The van der Waals surface area contributed by atoms with Crippen LogP contribution in [-0.2, 0) is 10.9 Å². The highest BCUT2D eigenvalue weighted by atomic mass is 32.1. The van der Waals surface area contributed by atoms with Crippen molar-refractivity contribution in [3.05, 3.63) is 59.4 Å². The summed E-state index contributed by atoms with van der Waals surface area (Å²) < 4.78 is 56.9. The zero-order chi connectivity index (χ0) is 19.2. The van der Waals surface area contributed by atoms with E-state index in [4.69, 9.17) is 4.74 Å². The first kappa shape index (κ1) is 17.7. The highest BCUT2D eigenvalue weighted by molar-refractivity contribution is 7.22. The Kier molecular flexibility index (Phi) is 4.26. The SMILES string of the molecule is O=C(OC1CN(c2nc3ccc(F)cc3s2)C1)c1ccc(C(F)(F)F)cc1. The molecule has 4 rings (SSSR count). The average molecular weight is 396 g/mol. The fourth-order valence-corrected chi connectivity index (χ4v) is 3.71. The van der Waals surface area contributed by atoms with Crippen molar-refractivity contribution in [2.45, 2.75) is 12.3 Å². The summed E-state index contributed by atoms with van der Waals surface area (Å²) in [6.45, 7) is 0.851. The number of benzene rings is 2. The molecule has 0 amide bonds. The maximum atomic E-state index is 13.2. The Hall–Kier alpha value is -2.68. The Morgan fingerprint density at radius 2 is 1.85 bits per heavy atom. The van der Waals surface area contributed by atoms with Crippen LogP contribution in [0.5, 0.6) is 0 Å². The number of carbonyl (C=O) groups is 1. The lowest BCUT2D eigenvalue weighted by molar-refractivity contribution is -0.137. The number of alkyl halides is 3. The summed E-state index contributed by atoms with van der Waals surface area (Å²) in [6, 6.07) is 8.27. The number of rotatable bonds is 3. The van der Waals surface area contributed by atoms with E-state index in [0.29, 0.717) is 23.7 Å². The summed E-state index contributed by atoms with van der Waals surface area (Å²) >= 11 is 1.34. The maximum Gasteiger partial charge on any atom is 0.416 e. The lowest BCUT2D eigenvalue weighted by Gasteiger charge is -2.38. The standard InChI is InChI=1S/C18H12F4N2O2S/c19-12-5-6-14-15(7-12)27-17(23-14)24-8-13(9-24)26-16(25)10-1-3-11(4-2-10)18(20,21)22/h1-7,13H,8-9H2. The Morgan fingerprint density at radius 1 is 1.15 bits per heavy atom. The van der Waals surface area contributed by atoms with Crippen molar-refractivity contribution in [2.24, 2.45) is 0 Å². The van der Waals surface area contributed by atoms with Gasteiger partial charge in [-0.15, -0.1) is 0 Å². The molecule has 0 unspecified atom stereocenters. The van der Waals surface area contributed by atoms with E-state index in [1.807, 2.05) is 4.90 Å². The molecule has 4 nitrogen and oxygen atoms in total. The Labute approximate surface area is 155 Å². The molecule has 3 aromatic rings. The van der Waals surface area contributed by atoms with Crippen LogP contribution in [0.4, 0.5) is 22.7 Å². The van der Waals surface area contributed by atoms with E-state index < -0.39 is 17.7 Å². The third-order valence-corrected chi connectivity index (χ3v) is 5.26. The molecule has 0 bridgehead atoms. The van der Waals surface area contributed by atoms with Gasteiger partial charge in [-0.2, -0.15) is 13.2 Å². The molecule has 0 aliphatic carbocycles. The molecule has 0 atom stereocenters. The first-order valence-corrected chi connectivity index (χ1v) is 8.80. The topological polar surface area (TPSA) is 42.4 Å². The predicted octanol–water partition coefficient (Wildman–Crippen LogP) is 4.50. The number of hydrogen-bond donors (Lipinski definition) is 0. The Morgan fingerprint density at radius 3 is 2.52 bits per heavy atom. The van der Waals surface area contributed by atoms with Crippen LogP contribution in [0.3, 0.4) is 0 Å². The van der Waals surface area contributed by atoms with Crippen molar-refractivity contribution in [1.82, 2.24) is 4.98 Å². The van der Waals surface area contributed by atoms with Crippen LogP contribution in [0.25, 0.3) is 10.2 Å². The third kappa shape index (κ3) is 3.59. The zero-order valence-corrected chi connectivity index (χ0v) is 14.5. The molecule has 1 fully saturated rings. The van der Waals surface area contributed by atoms with E-state index in [-0.39, 0.29) is 17.5 Å². The molecule has 1 aromatic heterocycles. The van der Waals surface area contributed by atoms with Crippen molar-refractivity contribution < 1.29 is 27.1 Å². The molecule has 0 radical (unpaired) electrons. The van der Waals surface area contributed by atoms with Gasteiger partial charge in [0, 0.05) is 0 Å². The summed E-state index contributed by atoms with van der Waals surface area (Å²) in [5, 5.41) is 0.706. The number of halogens is 4. The minimum atomic E-state index is -4.45. The van der Waals surface area contributed by atoms with Gasteiger partial charge in [0.15, 0.2) is 5.13 Å². The lowest BCUT2D eigenvalue weighted by Crippen LogP contribution is -2.53. The van der Waals surface area contributed by atoms with E-state index in [0.717, 1.165) is 29.0 Å². The van der Waals surface area contributed by atoms with Gasteiger partial charge < -0.3 is 9.64 Å². The van der Waals surface area contributed by atoms with Crippen molar-refractivity contribution in [3.8, 4) is 0 Å². The first-order valence-electron chi connectivity index (χ1n) is 7.99. The van der Waals surface area contributed by atoms with E-state index in [2.05, 4.69) is 4.98 Å². The van der Waals surface area contributed by atoms with Crippen LogP contribution in [0, 0.1) is 5.82 Å². The molecule has 0 saturated carbocycles. The Balaban J connectivity index is 1.36. The number of fused-ring (bicyclic) bond motifs is 1. The van der Waals surface area contributed by atoms with Gasteiger partial charge >= 0.3 is 12.1 Å². The van der Waals surface area contributed by atoms with Gasteiger partial charge in [0.1, 0.15) is 11.9 Å². The van der Waals surface area contributed by atoms with E-state index in [1.165, 1.54) is 23.5 Å². The van der Waals surface area contributed by atoms with Crippen LogP contribution < -0.4 is 4.90 Å². The van der Waals surface area contributed by atoms with Gasteiger partial charge in [0.05, 0.1) is 34.4 Å². The van der Waals surface area contributed by atoms with Crippen molar-refractivity contribution in [1.29, 1.82) is 0 Å². The second-order valence-electron chi connectivity index (χ2n) is 6.12. The molecule has 140 valence electrons. The summed E-state index contributed by atoms with van der Waals surface area (Å²) in [6.07, 6.45) is -4.82. The zero-order valence-electron chi connectivity index (χ0n) is 13.7. The van der Waals surface area contributed by atoms with Crippen LogP contribution in [-0.4, -0.2) is 30.1 Å². The van der Waals surface area contributed by atoms with Crippen molar-refractivity contribution in [2.75, 3.05) is 18.0 Å². The number of anilines is 1. The van der Waals surface area contributed by atoms with Gasteiger partial charge in [-0.05, 0) is 42.5 Å². The summed E-state index contributed by atoms with van der Waals surface area (Å²) in [4.78, 5) is 18.4. The highest BCUT2D eigenvalue weighted by Gasteiger charge is 2.33. The van der Waals surface area contributed by atoms with Crippen LogP contribution >= 0.6 is 11.3 Å². The normalized spacial score (nSPS) is 15.0. The number of ether oxygens (including phenoxy) is 1. The third-order valence-electron chi connectivity index (χ3n) is 4.18. The average Bonchev–Trinajstić information content (AvgIpc) is 2.99. The van der Waals surface area contributed by atoms with Crippen LogP contribution in [0.1, 0.15) is 15.9 Å². The lowest BCUT2D eigenvalue weighted by atomic mass is 10.1. The molecular formula is C18H12F4N2O2S. The number of nitrogens with zero attached hydrogens (tertiary/aromatic N) is 2. The fourth-order valence-electron chi connectivity index (χ4n) is 2.71. The molecule has 2 heterocycles. The van der Waals surface area contributed by atoms with Gasteiger partial charge in [0.2, 0.25) is 0 Å². The maximum absolute atomic E-state index is 13.2. The Bertz CT molecular complexity index is 995. The van der Waals surface area contributed by atoms with E-state index in [9.17, 15) is 22.4 Å². The molecule has 1 saturated heterocycles. The van der Waals surface area contributed by atoms with Crippen molar-refractivity contribution >= 4 is 32.7 Å². The van der Waals surface area contributed by atoms with Crippen molar-refractivity contribution in [3.63, 3.8) is 0 Å². The molecule has 1 aliphatic rings. The number of esters is 1. The highest BCUT2D eigenvalue weighted by Crippen LogP contribution is 2.33. The number of carbonyl (C=O) groups excluding carboxylic acids is 1. The van der Waals surface area contributed by atoms with Crippen LogP contribution in [0.2, 0.25) is 0 Å². The molecule has 27 heavy (non-hydrogen) atoms. The second kappa shape index (κ2) is 6.49. The van der Waals surface area contributed by atoms with Gasteiger partial charge in [-0.3, -0.25) is 0 Å². The van der Waals surface area contributed by atoms with Gasteiger partial charge in [0.25, 0.3) is 0 Å². The van der Waals surface area contributed by atoms with Gasteiger partial charge in [-0.1, -0.05) is 11.3 Å². The first-order chi connectivity index (χ1) is 12.8. The summed E-state index contributed by atoms with van der Waals surface area (Å²) in [7, 11) is 0. The van der Waals surface area contributed by atoms with E-state index >= 15 is 0 Å². The molecule has 2 aromatic carbocycles. The molecular weight excluding hydrogens is 384 g/mol. The molecule has 9 heteroatoms. The van der Waals surface area contributed by atoms with Gasteiger partial charge in [-0.25, -0.2) is 14.2 Å². The largest absolute Gasteiger partial charge is 0.455 e. The second-order valence-corrected chi connectivity index (χ2v) is 7.12. The quantitative estimate of drug-likeness (QED) is 0.483. The number of thiazole rings is 1. The number of aromatic nitrogens is 1. The molecule has 1 aliphatic heterocycles. The van der Waals surface area contributed by atoms with Crippen LogP contribution in [0.15, 0.2) is 42.5 Å². The smallest absolute Gasteiger partial charge is 0.416 e. The fraction of sp³-hybridized carbons (Fsp3) is 0.222. The molecule has 0 N–H and O–H groups in total. The molecule has 0 spiro atoms. The number of hydrogen-bond acceptors (Lipinski definition) is 5.